The summed E-state index contributed by atoms with van der Waals surface area (Å²) in [5, 5.41) is 9.75. The summed E-state index contributed by atoms with van der Waals surface area (Å²) in [4.78, 5) is 0. The van der Waals surface area contributed by atoms with E-state index in [1.807, 2.05) is 12.1 Å². The van der Waals surface area contributed by atoms with Crippen LogP contribution < -0.4 is 0 Å². The molecule has 0 N–H and O–H groups in total. The lowest BCUT2D eigenvalue weighted by atomic mass is 10.00. The van der Waals surface area contributed by atoms with Crippen LogP contribution in [0.25, 0.3) is 110 Å². The van der Waals surface area contributed by atoms with Crippen molar-refractivity contribution in [1.82, 2.24) is 9.13 Å². The minimum Gasteiger partial charge on any atom is -0.455 e. The highest BCUT2D eigenvalue weighted by Crippen LogP contribution is 2.41. The van der Waals surface area contributed by atoms with Crippen molar-refractivity contribution in [2.75, 3.05) is 0 Å². The molecule has 0 fully saturated rings. The molecular formula is C52H32N2O. The summed E-state index contributed by atoms with van der Waals surface area (Å²) >= 11 is 0. The molecule has 12 aromatic rings. The smallest absolute Gasteiger partial charge is 0.143 e. The van der Waals surface area contributed by atoms with Crippen molar-refractivity contribution in [2.45, 2.75) is 0 Å². The van der Waals surface area contributed by atoms with Gasteiger partial charge in [-0.2, -0.15) is 0 Å². The van der Waals surface area contributed by atoms with Crippen LogP contribution in [0.2, 0.25) is 0 Å². The fourth-order valence-corrected chi connectivity index (χ4v) is 8.94. The van der Waals surface area contributed by atoms with Gasteiger partial charge in [0.1, 0.15) is 11.2 Å². The van der Waals surface area contributed by atoms with Gasteiger partial charge in [-0.25, -0.2) is 0 Å². The van der Waals surface area contributed by atoms with Crippen LogP contribution in [0.3, 0.4) is 0 Å². The standard InChI is InChI=1S/C52H32N2O/c1-2-13-38(14-3-1)53-47-19-8-6-15-41(47)44-30-36(23-27-48(44)53)37-24-28-49-45(31-37)46-29-34-11-4-5-12-35(34)32-50(46)54(49)39-25-21-33(22-26-39)40-17-10-18-43-42-16-7-9-20-51(42)55-52(40)43/h1-32H. The third kappa shape index (κ3) is 4.50. The Hall–Kier alpha value is -7.36. The molecule has 3 heteroatoms. The first-order valence-corrected chi connectivity index (χ1v) is 18.8. The highest BCUT2D eigenvalue weighted by atomic mass is 16.3. The van der Waals surface area contributed by atoms with Crippen molar-refractivity contribution in [3.63, 3.8) is 0 Å². The van der Waals surface area contributed by atoms with Crippen LogP contribution in [0.1, 0.15) is 0 Å². The molecule has 0 aliphatic rings. The van der Waals surface area contributed by atoms with E-state index >= 15 is 0 Å². The zero-order chi connectivity index (χ0) is 36.0. The van der Waals surface area contributed by atoms with Gasteiger partial charge in [0.15, 0.2) is 0 Å². The van der Waals surface area contributed by atoms with Crippen LogP contribution in [0, 0.1) is 0 Å². The molecule has 3 aromatic heterocycles. The van der Waals surface area contributed by atoms with Crippen molar-refractivity contribution in [3.8, 4) is 33.6 Å². The fraction of sp³-hybridized carbons (Fsp3) is 0. The number of hydrogen-bond acceptors (Lipinski definition) is 1. The van der Waals surface area contributed by atoms with Crippen molar-refractivity contribution < 1.29 is 4.42 Å². The van der Waals surface area contributed by atoms with Gasteiger partial charge in [0.2, 0.25) is 0 Å². The van der Waals surface area contributed by atoms with E-state index in [0.717, 1.165) is 38.8 Å². The first kappa shape index (κ1) is 30.1. The fourth-order valence-electron chi connectivity index (χ4n) is 8.94. The monoisotopic (exact) mass is 700 g/mol. The van der Waals surface area contributed by atoms with Crippen LogP contribution >= 0.6 is 0 Å². The Bertz CT molecular complexity index is 3470. The second-order valence-corrected chi connectivity index (χ2v) is 14.5. The number of nitrogens with zero attached hydrogens (tertiary/aromatic N) is 2. The maximum absolute atomic E-state index is 6.40. The zero-order valence-corrected chi connectivity index (χ0v) is 29.8. The van der Waals surface area contributed by atoms with Gasteiger partial charge in [0.05, 0.1) is 22.1 Å². The average Bonchev–Trinajstić information content (AvgIpc) is 3.90. The van der Waals surface area contributed by atoms with Crippen molar-refractivity contribution >= 4 is 76.3 Å². The molecule has 3 nitrogen and oxygen atoms in total. The molecule has 0 atom stereocenters. The van der Waals surface area contributed by atoms with Gasteiger partial charge < -0.3 is 13.6 Å². The number of para-hydroxylation sites is 4. The lowest BCUT2D eigenvalue weighted by Crippen LogP contribution is -1.94. The van der Waals surface area contributed by atoms with E-state index in [-0.39, 0.29) is 0 Å². The number of fused-ring (bicyclic) bond motifs is 10. The van der Waals surface area contributed by atoms with E-state index in [0.29, 0.717) is 0 Å². The molecule has 0 unspecified atom stereocenters. The summed E-state index contributed by atoms with van der Waals surface area (Å²) in [6.07, 6.45) is 0. The maximum Gasteiger partial charge on any atom is 0.143 e. The summed E-state index contributed by atoms with van der Waals surface area (Å²) in [7, 11) is 0. The second-order valence-electron chi connectivity index (χ2n) is 14.5. The van der Waals surface area contributed by atoms with E-state index < -0.39 is 0 Å². The molecular weight excluding hydrogens is 669 g/mol. The maximum atomic E-state index is 6.40. The molecule has 0 bridgehead atoms. The molecule has 0 amide bonds. The predicted molar refractivity (Wildman–Crippen MR) is 231 cm³/mol. The molecule has 55 heavy (non-hydrogen) atoms. The third-order valence-corrected chi connectivity index (χ3v) is 11.5. The number of hydrogen-bond donors (Lipinski definition) is 0. The zero-order valence-electron chi connectivity index (χ0n) is 29.8. The minimum absolute atomic E-state index is 0.914. The summed E-state index contributed by atoms with van der Waals surface area (Å²) < 4.78 is 11.2. The quantitative estimate of drug-likeness (QED) is 0.179. The van der Waals surface area contributed by atoms with Gasteiger partial charge in [-0.05, 0) is 100 Å². The molecule has 9 aromatic carbocycles. The number of rotatable bonds is 4. The number of aromatic nitrogens is 2. The van der Waals surface area contributed by atoms with Gasteiger partial charge in [-0.3, -0.25) is 0 Å². The lowest BCUT2D eigenvalue weighted by molar-refractivity contribution is 0.670. The molecule has 0 radical (unpaired) electrons. The Kier molecular flexibility index (Phi) is 6.34. The molecule has 3 heterocycles. The van der Waals surface area contributed by atoms with Crippen molar-refractivity contribution in [3.05, 3.63) is 194 Å². The largest absolute Gasteiger partial charge is 0.455 e. The van der Waals surface area contributed by atoms with E-state index in [9.17, 15) is 0 Å². The van der Waals surface area contributed by atoms with E-state index in [1.165, 1.54) is 71.2 Å². The molecule has 256 valence electrons. The first-order valence-electron chi connectivity index (χ1n) is 18.8. The van der Waals surface area contributed by atoms with Gasteiger partial charge in [0.25, 0.3) is 0 Å². The van der Waals surface area contributed by atoms with Crippen LogP contribution in [-0.2, 0) is 0 Å². The SMILES string of the molecule is c1ccc(-n2c3ccccc3c3cc(-c4ccc5c(c4)c4cc6ccccc6cc4n5-c4ccc(-c5cccc6c5oc5ccccc56)cc4)ccc32)cc1. The summed E-state index contributed by atoms with van der Waals surface area (Å²) in [6, 6.07) is 70.3. The molecule has 0 saturated heterocycles. The minimum atomic E-state index is 0.914. The van der Waals surface area contributed by atoms with E-state index in [4.69, 9.17) is 4.42 Å². The van der Waals surface area contributed by atoms with E-state index in [2.05, 4.69) is 191 Å². The Morgan fingerprint density at radius 2 is 0.855 bits per heavy atom. The van der Waals surface area contributed by atoms with Crippen molar-refractivity contribution in [1.29, 1.82) is 0 Å². The average molecular weight is 701 g/mol. The number of benzene rings is 9. The first-order chi connectivity index (χ1) is 27.3. The Morgan fingerprint density at radius 3 is 1.64 bits per heavy atom. The lowest BCUT2D eigenvalue weighted by Gasteiger charge is -2.11. The van der Waals surface area contributed by atoms with Crippen LogP contribution in [0.4, 0.5) is 0 Å². The number of furan rings is 1. The molecule has 12 rings (SSSR count). The van der Waals surface area contributed by atoms with Gasteiger partial charge >= 0.3 is 0 Å². The Morgan fingerprint density at radius 1 is 0.309 bits per heavy atom. The van der Waals surface area contributed by atoms with Crippen LogP contribution in [0.15, 0.2) is 199 Å². The second kappa shape index (κ2) is 11.6. The summed E-state index contributed by atoms with van der Waals surface area (Å²) in [6.45, 7) is 0. The predicted octanol–water partition coefficient (Wildman–Crippen LogP) is 14.3. The third-order valence-electron chi connectivity index (χ3n) is 11.5. The molecule has 0 spiro atoms. The topological polar surface area (TPSA) is 23.0 Å². The molecule has 0 aliphatic carbocycles. The van der Waals surface area contributed by atoms with Crippen molar-refractivity contribution in [2.24, 2.45) is 0 Å². The van der Waals surface area contributed by atoms with Gasteiger partial charge in [-0.15, -0.1) is 0 Å². The Labute approximate surface area is 316 Å². The van der Waals surface area contributed by atoms with Gasteiger partial charge in [0, 0.05) is 49.3 Å². The Balaban J connectivity index is 1.03. The summed E-state index contributed by atoms with van der Waals surface area (Å²) in [5.74, 6) is 0. The highest BCUT2D eigenvalue weighted by molar-refractivity contribution is 6.15. The normalized spacial score (nSPS) is 12.0. The van der Waals surface area contributed by atoms with Crippen LogP contribution in [0.5, 0.6) is 0 Å². The van der Waals surface area contributed by atoms with E-state index in [1.54, 1.807) is 0 Å². The highest BCUT2D eigenvalue weighted by Gasteiger charge is 2.18. The van der Waals surface area contributed by atoms with Crippen LogP contribution in [-0.4, -0.2) is 9.13 Å². The molecule has 0 saturated carbocycles. The summed E-state index contributed by atoms with van der Waals surface area (Å²) in [5.41, 5.74) is 13.6. The van der Waals surface area contributed by atoms with Gasteiger partial charge in [-0.1, -0.05) is 121 Å². The molecule has 0 aliphatic heterocycles.